The fourth-order valence-electron chi connectivity index (χ4n) is 2.59. The van der Waals surface area contributed by atoms with E-state index < -0.39 is 5.91 Å². The summed E-state index contributed by atoms with van der Waals surface area (Å²) < 4.78 is 5.90. The van der Waals surface area contributed by atoms with Crippen LogP contribution < -0.4 is 15.5 Å². The highest BCUT2D eigenvalue weighted by atomic mass is 79.9. The van der Waals surface area contributed by atoms with Gasteiger partial charge in [-0.15, -0.1) is 0 Å². The number of hydrogen-bond acceptors (Lipinski definition) is 5. The van der Waals surface area contributed by atoms with Crippen molar-refractivity contribution in [3.8, 4) is 11.5 Å². The van der Waals surface area contributed by atoms with E-state index in [2.05, 4.69) is 31.8 Å². The molecule has 3 rings (SSSR count). The number of phenolic OH excluding ortho intramolecular Hbond substituents is 1. The Labute approximate surface area is 181 Å². The van der Waals surface area contributed by atoms with Crippen molar-refractivity contribution < 1.29 is 19.4 Å². The Kier molecular flexibility index (Phi) is 6.82. The molecule has 0 aliphatic rings. The molecule has 2 amide bonds. The van der Waals surface area contributed by atoms with E-state index in [1.807, 2.05) is 0 Å². The van der Waals surface area contributed by atoms with Crippen LogP contribution in [0.25, 0.3) is 0 Å². The molecule has 3 aromatic rings. The molecule has 0 radical (unpaired) electrons. The van der Waals surface area contributed by atoms with Gasteiger partial charge in [0.2, 0.25) is 0 Å². The van der Waals surface area contributed by atoms with E-state index >= 15 is 0 Å². The SMILES string of the molecule is COc1cc(/C=N\NC(=O)c2ccccc2NC(=O)c2ccc(Br)cc2)ccc1O. The highest BCUT2D eigenvalue weighted by Gasteiger charge is 2.13. The molecular weight excluding hydrogens is 450 g/mol. The fraction of sp³-hybridized carbons (Fsp3) is 0.0455. The van der Waals surface area contributed by atoms with E-state index in [0.29, 0.717) is 22.6 Å². The average molecular weight is 468 g/mol. The summed E-state index contributed by atoms with van der Waals surface area (Å²) in [5.74, 6) is -0.508. The Balaban J connectivity index is 1.71. The maximum Gasteiger partial charge on any atom is 0.273 e. The molecule has 0 saturated carbocycles. The molecule has 0 unspecified atom stereocenters. The third-order valence-corrected chi connectivity index (χ3v) is 4.64. The van der Waals surface area contributed by atoms with Crippen LogP contribution >= 0.6 is 15.9 Å². The third kappa shape index (κ3) is 5.24. The first kappa shape index (κ1) is 21.1. The summed E-state index contributed by atoms with van der Waals surface area (Å²) in [5.41, 5.74) is 4.15. The summed E-state index contributed by atoms with van der Waals surface area (Å²) in [7, 11) is 1.44. The van der Waals surface area contributed by atoms with E-state index in [4.69, 9.17) is 4.74 Å². The minimum absolute atomic E-state index is 0.00845. The number of methoxy groups -OCH3 is 1. The second-order valence-electron chi connectivity index (χ2n) is 6.14. The van der Waals surface area contributed by atoms with E-state index in [9.17, 15) is 14.7 Å². The zero-order valence-corrected chi connectivity index (χ0v) is 17.5. The number of ether oxygens (including phenoxy) is 1. The maximum absolute atomic E-state index is 12.5. The summed E-state index contributed by atoms with van der Waals surface area (Å²) in [5, 5.41) is 16.3. The van der Waals surface area contributed by atoms with Crippen LogP contribution in [0, 0.1) is 0 Å². The van der Waals surface area contributed by atoms with Gasteiger partial charge < -0.3 is 15.2 Å². The van der Waals surface area contributed by atoms with Crippen LogP contribution in [-0.4, -0.2) is 30.2 Å². The number of benzene rings is 3. The molecule has 0 atom stereocenters. The number of nitrogens with zero attached hydrogens (tertiary/aromatic N) is 1. The molecule has 0 bridgehead atoms. The Morgan fingerprint density at radius 1 is 1.03 bits per heavy atom. The van der Waals surface area contributed by atoms with Gasteiger partial charge in [-0.3, -0.25) is 9.59 Å². The lowest BCUT2D eigenvalue weighted by Crippen LogP contribution is -2.21. The van der Waals surface area contributed by atoms with Gasteiger partial charge in [-0.05, 0) is 60.2 Å². The highest BCUT2D eigenvalue weighted by molar-refractivity contribution is 9.10. The number of hydrogen-bond donors (Lipinski definition) is 3. The zero-order chi connectivity index (χ0) is 21.5. The van der Waals surface area contributed by atoms with E-state index in [1.54, 1.807) is 60.7 Å². The van der Waals surface area contributed by atoms with Crippen molar-refractivity contribution in [3.05, 3.63) is 87.9 Å². The summed E-state index contributed by atoms with van der Waals surface area (Å²) in [4.78, 5) is 25.0. The minimum atomic E-state index is -0.483. The zero-order valence-electron chi connectivity index (χ0n) is 15.9. The number of phenols is 1. The molecule has 3 N–H and O–H groups in total. The van der Waals surface area contributed by atoms with Gasteiger partial charge in [0.1, 0.15) is 0 Å². The van der Waals surface area contributed by atoms with Crippen molar-refractivity contribution in [1.82, 2.24) is 5.43 Å². The predicted molar refractivity (Wildman–Crippen MR) is 118 cm³/mol. The first-order valence-electron chi connectivity index (χ1n) is 8.84. The van der Waals surface area contributed by atoms with Crippen LogP contribution in [0.15, 0.2) is 76.3 Å². The predicted octanol–water partition coefficient (Wildman–Crippen LogP) is 4.18. The van der Waals surface area contributed by atoms with Crippen molar-refractivity contribution in [2.24, 2.45) is 5.10 Å². The van der Waals surface area contributed by atoms with Gasteiger partial charge in [0, 0.05) is 10.0 Å². The molecule has 0 spiro atoms. The lowest BCUT2D eigenvalue weighted by molar-refractivity contribution is 0.0956. The minimum Gasteiger partial charge on any atom is -0.504 e. The normalized spacial score (nSPS) is 10.6. The number of halogens is 1. The van der Waals surface area contributed by atoms with Crippen molar-refractivity contribution in [3.63, 3.8) is 0 Å². The quantitative estimate of drug-likeness (QED) is 0.373. The monoisotopic (exact) mass is 467 g/mol. The van der Waals surface area contributed by atoms with E-state index in [1.165, 1.54) is 19.4 Å². The van der Waals surface area contributed by atoms with Gasteiger partial charge in [0.15, 0.2) is 11.5 Å². The highest BCUT2D eigenvalue weighted by Crippen LogP contribution is 2.25. The van der Waals surface area contributed by atoms with Crippen molar-refractivity contribution in [1.29, 1.82) is 0 Å². The van der Waals surface area contributed by atoms with Crippen molar-refractivity contribution in [2.75, 3.05) is 12.4 Å². The van der Waals surface area contributed by atoms with Crippen molar-refractivity contribution >= 4 is 39.6 Å². The largest absolute Gasteiger partial charge is 0.504 e. The molecule has 0 aliphatic heterocycles. The summed E-state index contributed by atoms with van der Waals surface area (Å²) in [6, 6.07) is 18.2. The standard InChI is InChI=1S/C22H18BrN3O4/c1-30-20-12-14(6-11-19(20)27)13-24-26-22(29)17-4-2-3-5-18(17)25-21(28)15-7-9-16(23)10-8-15/h2-13,27H,1H3,(H,25,28)(H,26,29)/b24-13-. The van der Waals surface area contributed by atoms with Gasteiger partial charge in [0.05, 0.1) is 24.6 Å². The van der Waals surface area contributed by atoms with Crippen LogP contribution in [0.3, 0.4) is 0 Å². The first-order chi connectivity index (χ1) is 14.5. The fourth-order valence-corrected chi connectivity index (χ4v) is 2.85. The van der Waals surface area contributed by atoms with Crippen LogP contribution in [0.1, 0.15) is 26.3 Å². The number of rotatable bonds is 6. The third-order valence-electron chi connectivity index (χ3n) is 4.11. The molecule has 0 heterocycles. The van der Waals surface area contributed by atoms with Gasteiger partial charge >= 0.3 is 0 Å². The van der Waals surface area contributed by atoms with E-state index in [-0.39, 0.29) is 17.2 Å². The van der Waals surface area contributed by atoms with Gasteiger partial charge in [0.25, 0.3) is 11.8 Å². The average Bonchev–Trinajstić information content (AvgIpc) is 2.75. The van der Waals surface area contributed by atoms with Crippen LogP contribution in [0.4, 0.5) is 5.69 Å². The molecule has 30 heavy (non-hydrogen) atoms. The topological polar surface area (TPSA) is 100 Å². The Morgan fingerprint density at radius 3 is 2.50 bits per heavy atom. The summed E-state index contributed by atoms with van der Waals surface area (Å²) in [6.07, 6.45) is 1.42. The Morgan fingerprint density at radius 2 is 1.77 bits per heavy atom. The van der Waals surface area contributed by atoms with Gasteiger partial charge in [-0.2, -0.15) is 5.10 Å². The molecule has 0 saturated heterocycles. The number of anilines is 1. The molecule has 7 nitrogen and oxygen atoms in total. The van der Waals surface area contributed by atoms with Crippen LogP contribution in [0.5, 0.6) is 11.5 Å². The number of hydrazone groups is 1. The van der Waals surface area contributed by atoms with Crippen LogP contribution in [-0.2, 0) is 0 Å². The summed E-state index contributed by atoms with van der Waals surface area (Å²) in [6.45, 7) is 0. The molecule has 3 aromatic carbocycles. The molecule has 152 valence electrons. The Bertz CT molecular complexity index is 1100. The smallest absolute Gasteiger partial charge is 0.273 e. The number of nitrogens with one attached hydrogen (secondary N) is 2. The van der Waals surface area contributed by atoms with Gasteiger partial charge in [-0.25, -0.2) is 5.43 Å². The second-order valence-corrected chi connectivity index (χ2v) is 7.05. The number of para-hydroxylation sites is 1. The molecule has 8 heteroatoms. The molecule has 0 aromatic heterocycles. The first-order valence-corrected chi connectivity index (χ1v) is 9.63. The lowest BCUT2D eigenvalue weighted by Gasteiger charge is -2.10. The second kappa shape index (κ2) is 9.71. The van der Waals surface area contributed by atoms with Crippen molar-refractivity contribution in [2.45, 2.75) is 0 Å². The number of amides is 2. The van der Waals surface area contributed by atoms with Crippen LogP contribution in [0.2, 0.25) is 0 Å². The number of carbonyl (C=O) groups is 2. The maximum atomic E-state index is 12.5. The summed E-state index contributed by atoms with van der Waals surface area (Å²) >= 11 is 3.33. The molecule has 0 aliphatic carbocycles. The number of carbonyl (C=O) groups excluding carboxylic acids is 2. The lowest BCUT2D eigenvalue weighted by atomic mass is 10.1. The Hall–Kier alpha value is -3.65. The molecule has 0 fully saturated rings. The number of aromatic hydroxyl groups is 1. The van der Waals surface area contributed by atoms with Gasteiger partial charge in [-0.1, -0.05) is 28.1 Å². The van der Waals surface area contributed by atoms with E-state index in [0.717, 1.165) is 4.47 Å². The molecular formula is C22H18BrN3O4.